The number of hydrogen-bond donors (Lipinski definition) is 1. The second kappa shape index (κ2) is 7.24. The third-order valence-corrected chi connectivity index (χ3v) is 2.29. The maximum absolute atomic E-state index is 3.52. The zero-order chi connectivity index (χ0) is 11.0. The number of nitrogens with zero attached hydrogens (tertiary/aromatic N) is 1. The van der Waals surface area contributed by atoms with Crippen LogP contribution in [0.1, 0.15) is 47.5 Å². The van der Waals surface area contributed by atoms with Crippen LogP contribution in [0.4, 0.5) is 0 Å². The fourth-order valence-electron chi connectivity index (χ4n) is 1.51. The standard InChI is InChI=1S/C12H28N2/c1-6-10-14(7-2)11-8-9-13-12(3,4)5/h13H,6-11H2,1-5H3. The molecule has 0 aliphatic heterocycles. The molecule has 0 atom stereocenters. The molecule has 0 saturated heterocycles. The first-order valence-electron chi connectivity index (χ1n) is 5.97. The van der Waals surface area contributed by atoms with E-state index >= 15 is 0 Å². The van der Waals surface area contributed by atoms with E-state index in [1.165, 1.54) is 32.5 Å². The van der Waals surface area contributed by atoms with Crippen molar-refractivity contribution in [3.8, 4) is 0 Å². The van der Waals surface area contributed by atoms with Crippen molar-refractivity contribution in [1.82, 2.24) is 10.2 Å². The first kappa shape index (κ1) is 13.9. The van der Waals surface area contributed by atoms with Gasteiger partial charge in [0.15, 0.2) is 0 Å². The maximum Gasteiger partial charge on any atom is 0.00965 e. The summed E-state index contributed by atoms with van der Waals surface area (Å²) in [6.07, 6.45) is 2.52. The van der Waals surface area contributed by atoms with E-state index in [4.69, 9.17) is 0 Å². The van der Waals surface area contributed by atoms with Crippen molar-refractivity contribution < 1.29 is 0 Å². The number of nitrogens with one attached hydrogen (secondary N) is 1. The number of hydrogen-bond acceptors (Lipinski definition) is 2. The van der Waals surface area contributed by atoms with Gasteiger partial charge in [0.2, 0.25) is 0 Å². The van der Waals surface area contributed by atoms with Crippen LogP contribution in [0.2, 0.25) is 0 Å². The van der Waals surface area contributed by atoms with Crippen molar-refractivity contribution in [2.24, 2.45) is 0 Å². The Labute approximate surface area is 90.1 Å². The normalized spacial score (nSPS) is 12.4. The summed E-state index contributed by atoms with van der Waals surface area (Å²) in [5.41, 5.74) is 0.266. The van der Waals surface area contributed by atoms with E-state index in [1.807, 2.05) is 0 Å². The molecular weight excluding hydrogens is 172 g/mol. The minimum absolute atomic E-state index is 0.266. The lowest BCUT2D eigenvalue weighted by atomic mass is 10.1. The quantitative estimate of drug-likeness (QED) is 0.635. The highest BCUT2D eigenvalue weighted by Gasteiger charge is 2.07. The molecule has 2 nitrogen and oxygen atoms in total. The van der Waals surface area contributed by atoms with Crippen molar-refractivity contribution in [1.29, 1.82) is 0 Å². The minimum Gasteiger partial charge on any atom is -0.312 e. The summed E-state index contributed by atoms with van der Waals surface area (Å²) in [6, 6.07) is 0. The van der Waals surface area contributed by atoms with E-state index in [-0.39, 0.29) is 5.54 Å². The first-order chi connectivity index (χ1) is 6.49. The molecule has 0 rings (SSSR count). The molecule has 0 unspecified atom stereocenters. The SMILES string of the molecule is CCCN(CC)CCCNC(C)(C)C. The van der Waals surface area contributed by atoms with Crippen molar-refractivity contribution in [3.05, 3.63) is 0 Å². The lowest BCUT2D eigenvalue weighted by Gasteiger charge is -2.23. The lowest BCUT2D eigenvalue weighted by Crippen LogP contribution is -2.38. The molecule has 0 aliphatic carbocycles. The van der Waals surface area contributed by atoms with Crippen LogP contribution >= 0.6 is 0 Å². The number of rotatable bonds is 7. The average Bonchev–Trinajstić information content (AvgIpc) is 2.08. The van der Waals surface area contributed by atoms with E-state index < -0.39 is 0 Å². The van der Waals surface area contributed by atoms with Crippen LogP contribution in [-0.4, -0.2) is 36.6 Å². The second-order valence-electron chi connectivity index (χ2n) is 4.96. The predicted octanol–water partition coefficient (Wildman–Crippen LogP) is 2.50. The molecular formula is C12H28N2. The van der Waals surface area contributed by atoms with Crippen LogP contribution in [0.3, 0.4) is 0 Å². The van der Waals surface area contributed by atoms with Crippen LogP contribution in [0.15, 0.2) is 0 Å². The van der Waals surface area contributed by atoms with Crippen molar-refractivity contribution in [2.75, 3.05) is 26.2 Å². The Morgan fingerprint density at radius 3 is 2.14 bits per heavy atom. The average molecular weight is 200 g/mol. The molecule has 1 N–H and O–H groups in total. The summed E-state index contributed by atoms with van der Waals surface area (Å²) in [6.45, 7) is 15.9. The fourth-order valence-corrected chi connectivity index (χ4v) is 1.51. The molecule has 14 heavy (non-hydrogen) atoms. The molecule has 0 aromatic carbocycles. The first-order valence-corrected chi connectivity index (χ1v) is 5.97. The van der Waals surface area contributed by atoms with Gasteiger partial charge in [-0.2, -0.15) is 0 Å². The summed E-state index contributed by atoms with van der Waals surface area (Å²) >= 11 is 0. The van der Waals surface area contributed by atoms with Crippen LogP contribution in [0.5, 0.6) is 0 Å². The molecule has 0 aromatic heterocycles. The highest BCUT2D eigenvalue weighted by Crippen LogP contribution is 1.99. The van der Waals surface area contributed by atoms with Gasteiger partial charge in [0.1, 0.15) is 0 Å². The molecule has 0 aromatic rings. The van der Waals surface area contributed by atoms with E-state index in [2.05, 4.69) is 44.8 Å². The van der Waals surface area contributed by atoms with Gasteiger partial charge in [-0.15, -0.1) is 0 Å². The summed E-state index contributed by atoms with van der Waals surface area (Å²) in [5, 5.41) is 3.52. The minimum atomic E-state index is 0.266. The Morgan fingerprint density at radius 2 is 1.71 bits per heavy atom. The fraction of sp³-hybridized carbons (Fsp3) is 1.00. The molecule has 0 saturated carbocycles. The van der Waals surface area contributed by atoms with Gasteiger partial charge >= 0.3 is 0 Å². The van der Waals surface area contributed by atoms with E-state index in [9.17, 15) is 0 Å². The van der Waals surface area contributed by atoms with Crippen LogP contribution < -0.4 is 5.32 Å². The highest BCUT2D eigenvalue weighted by atomic mass is 15.1. The Kier molecular flexibility index (Phi) is 7.20. The van der Waals surface area contributed by atoms with Gasteiger partial charge < -0.3 is 10.2 Å². The predicted molar refractivity (Wildman–Crippen MR) is 64.8 cm³/mol. The zero-order valence-corrected chi connectivity index (χ0v) is 10.7. The largest absolute Gasteiger partial charge is 0.312 e. The van der Waals surface area contributed by atoms with E-state index in [0.29, 0.717) is 0 Å². The van der Waals surface area contributed by atoms with Gasteiger partial charge in [0.25, 0.3) is 0 Å². The summed E-state index contributed by atoms with van der Waals surface area (Å²) < 4.78 is 0. The monoisotopic (exact) mass is 200 g/mol. The summed E-state index contributed by atoms with van der Waals surface area (Å²) in [5.74, 6) is 0. The van der Waals surface area contributed by atoms with Gasteiger partial charge in [-0.3, -0.25) is 0 Å². The van der Waals surface area contributed by atoms with Crippen molar-refractivity contribution in [2.45, 2.75) is 53.0 Å². The zero-order valence-electron chi connectivity index (χ0n) is 10.7. The topological polar surface area (TPSA) is 15.3 Å². The van der Waals surface area contributed by atoms with Gasteiger partial charge in [0.05, 0.1) is 0 Å². The van der Waals surface area contributed by atoms with Gasteiger partial charge in [-0.05, 0) is 59.8 Å². The van der Waals surface area contributed by atoms with Gasteiger partial charge in [-0.25, -0.2) is 0 Å². The molecule has 0 radical (unpaired) electrons. The molecule has 0 amide bonds. The Bertz CT molecular complexity index is 127. The molecule has 2 heteroatoms. The third-order valence-electron chi connectivity index (χ3n) is 2.29. The van der Waals surface area contributed by atoms with Gasteiger partial charge in [-0.1, -0.05) is 13.8 Å². The van der Waals surface area contributed by atoms with Crippen molar-refractivity contribution >= 4 is 0 Å². The lowest BCUT2D eigenvalue weighted by molar-refractivity contribution is 0.278. The second-order valence-corrected chi connectivity index (χ2v) is 4.96. The highest BCUT2D eigenvalue weighted by molar-refractivity contribution is 4.70. The van der Waals surface area contributed by atoms with E-state index in [1.54, 1.807) is 0 Å². The molecule has 0 bridgehead atoms. The third kappa shape index (κ3) is 8.52. The summed E-state index contributed by atoms with van der Waals surface area (Å²) in [4.78, 5) is 2.52. The van der Waals surface area contributed by atoms with Crippen molar-refractivity contribution in [3.63, 3.8) is 0 Å². The summed E-state index contributed by atoms with van der Waals surface area (Å²) in [7, 11) is 0. The Balaban J connectivity index is 3.42. The van der Waals surface area contributed by atoms with Gasteiger partial charge in [0, 0.05) is 5.54 Å². The molecule has 0 fully saturated rings. The Hall–Kier alpha value is -0.0800. The van der Waals surface area contributed by atoms with Crippen LogP contribution in [0.25, 0.3) is 0 Å². The molecule has 0 aliphatic rings. The smallest absolute Gasteiger partial charge is 0.00965 e. The van der Waals surface area contributed by atoms with E-state index in [0.717, 1.165) is 6.54 Å². The van der Waals surface area contributed by atoms with Crippen LogP contribution in [0, 0.1) is 0 Å². The molecule has 0 heterocycles. The van der Waals surface area contributed by atoms with Crippen LogP contribution in [-0.2, 0) is 0 Å². The molecule has 86 valence electrons. The maximum atomic E-state index is 3.52. The Morgan fingerprint density at radius 1 is 1.07 bits per heavy atom. The molecule has 0 spiro atoms.